The lowest BCUT2D eigenvalue weighted by molar-refractivity contribution is 0.0961. The van der Waals surface area contributed by atoms with Gasteiger partial charge < -0.3 is 15.1 Å². The number of rotatable bonds is 1. The van der Waals surface area contributed by atoms with Crippen molar-refractivity contribution in [2.24, 2.45) is 0 Å². The molecule has 2 aromatic rings. The monoisotopic (exact) mass is 306 g/mol. The molecule has 0 saturated heterocycles. The van der Waals surface area contributed by atoms with Crippen LogP contribution in [0, 0.1) is 0 Å². The van der Waals surface area contributed by atoms with Crippen LogP contribution >= 0.6 is 15.9 Å². The molecule has 0 bridgehead atoms. The third-order valence-corrected chi connectivity index (χ3v) is 3.46. The van der Waals surface area contributed by atoms with Crippen LogP contribution < -0.4 is 10.6 Å². The van der Waals surface area contributed by atoms with E-state index in [0.717, 1.165) is 17.7 Å². The molecule has 3 rings (SSSR count). The van der Waals surface area contributed by atoms with E-state index in [2.05, 4.69) is 15.9 Å². The first-order valence-corrected chi connectivity index (χ1v) is 6.40. The molecule has 0 atom stereocenters. The van der Waals surface area contributed by atoms with Crippen LogP contribution in [0.25, 0.3) is 0 Å². The van der Waals surface area contributed by atoms with E-state index in [1.165, 1.54) is 0 Å². The fraction of sp³-hybridized carbons (Fsp3) is 0.154. The highest BCUT2D eigenvalue weighted by Crippen LogP contribution is 2.31. The molecule has 5 heteroatoms. The van der Waals surface area contributed by atoms with Crippen molar-refractivity contribution < 1.29 is 9.21 Å². The summed E-state index contributed by atoms with van der Waals surface area (Å²) in [5.74, 6) is 0.196. The second kappa shape index (κ2) is 4.17. The van der Waals surface area contributed by atoms with Crippen LogP contribution in [0.4, 0.5) is 11.4 Å². The highest BCUT2D eigenvalue weighted by Gasteiger charge is 2.27. The minimum atomic E-state index is -0.134. The average Bonchev–Trinajstić information content (AvgIpc) is 2.94. The van der Waals surface area contributed by atoms with E-state index in [-0.39, 0.29) is 5.91 Å². The third-order valence-electron chi connectivity index (χ3n) is 3.03. The number of hydrogen-bond acceptors (Lipinski definition) is 3. The summed E-state index contributed by atoms with van der Waals surface area (Å²) in [6.07, 6.45) is 0.850. The van der Waals surface area contributed by atoms with Crippen molar-refractivity contribution in [3.63, 3.8) is 0 Å². The lowest BCUT2D eigenvalue weighted by Crippen LogP contribution is -2.28. The van der Waals surface area contributed by atoms with Crippen LogP contribution in [-0.2, 0) is 6.42 Å². The van der Waals surface area contributed by atoms with E-state index in [4.69, 9.17) is 10.2 Å². The van der Waals surface area contributed by atoms with E-state index in [1.807, 2.05) is 18.2 Å². The zero-order valence-electron chi connectivity index (χ0n) is 9.52. The summed E-state index contributed by atoms with van der Waals surface area (Å²) in [5.41, 5.74) is 8.45. The van der Waals surface area contributed by atoms with Crippen LogP contribution in [0.5, 0.6) is 0 Å². The Bertz CT molecular complexity index is 621. The van der Waals surface area contributed by atoms with Gasteiger partial charge in [0.2, 0.25) is 0 Å². The average molecular weight is 307 g/mol. The predicted octanol–water partition coefficient (Wildman–Crippen LogP) is 2.83. The topological polar surface area (TPSA) is 59.5 Å². The number of hydrogen-bond donors (Lipinski definition) is 1. The fourth-order valence-electron chi connectivity index (χ4n) is 2.17. The molecule has 1 aromatic heterocycles. The van der Waals surface area contributed by atoms with Crippen LogP contribution in [-0.4, -0.2) is 12.5 Å². The van der Waals surface area contributed by atoms with Crippen LogP contribution in [0.2, 0.25) is 0 Å². The number of nitrogen functional groups attached to an aromatic ring is 1. The highest BCUT2D eigenvalue weighted by molar-refractivity contribution is 9.10. The van der Waals surface area contributed by atoms with Crippen molar-refractivity contribution in [3.05, 3.63) is 46.3 Å². The van der Waals surface area contributed by atoms with Gasteiger partial charge in [0.25, 0.3) is 5.91 Å². The molecule has 0 unspecified atom stereocenters. The molecule has 0 radical (unpaired) electrons. The first-order chi connectivity index (χ1) is 8.65. The molecule has 2 heterocycles. The largest absolute Gasteiger partial charge is 0.444 e. The molecule has 0 spiro atoms. The quantitative estimate of drug-likeness (QED) is 0.824. The molecule has 2 N–H and O–H groups in total. The lowest BCUT2D eigenvalue weighted by Gasteiger charge is -2.16. The van der Waals surface area contributed by atoms with Gasteiger partial charge in [-0.05, 0) is 52.2 Å². The van der Waals surface area contributed by atoms with Gasteiger partial charge in [0.05, 0.1) is 0 Å². The van der Waals surface area contributed by atoms with Gasteiger partial charge in [-0.15, -0.1) is 0 Å². The summed E-state index contributed by atoms with van der Waals surface area (Å²) in [6, 6.07) is 9.03. The number of carbonyl (C=O) groups excluding carboxylic acids is 1. The molecule has 1 amide bonds. The molecule has 1 aliphatic rings. The van der Waals surface area contributed by atoms with Crippen molar-refractivity contribution in [2.45, 2.75) is 6.42 Å². The summed E-state index contributed by atoms with van der Waals surface area (Å²) in [5, 5.41) is 0. The lowest BCUT2D eigenvalue weighted by atomic mass is 10.1. The van der Waals surface area contributed by atoms with Crippen LogP contribution in [0.3, 0.4) is 0 Å². The zero-order chi connectivity index (χ0) is 12.7. The van der Waals surface area contributed by atoms with Crippen molar-refractivity contribution in [2.75, 3.05) is 17.2 Å². The number of fused-ring (bicyclic) bond motifs is 1. The first-order valence-electron chi connectivity index (χ1n) is 5.61. The molecule has 4 nitrogen and oxygen atoms in total. The highest BCUT2D eigenvalue weighted by atomic mass is 79.9. The normalized spacial score (nSPS) is 13.7. The number of halogens is 1. The van der Waals surface area contributed by atoms with E-state index in [9.17, 15) is 4.79 Å². The molecular formula is C13H11BrN2O2. The fourth-order valence-corrected chi connectivity index (χ4v) is 2.48. The van der Waals surface area contributed by atoms with Crippen LogP contribution in [0.15, 0.2) is 39.4 Å². The van der Waals surface area contributed by atoms with E-state index in [0.29, 0.717) is 22.7 Å². The Morgan fingerprint density at radius 1 is 1.33 bits per heavy atom. The second-order valence-electron chi connectivity index (χ2n) is 4.20. The Labute approximate surface area is 113 Å². The number of amides is 1. The van der Waals surface area contributed by atoms with E-state index < -0.39 is 0 Å². The van der Waals surface area contributed by atoms with Gasteiger partial charge in [-0.25, -0.2) is 0 Å². The van der Waals surface area contributed by atoms with E-state index >= 15 is 0 Å². The standard InChI is InChI=1S/C13H11BrN2O2/c14-12-4-3-11(18-12)13(17)16-6-5-8-1-2-9(15)7-10(8)16/h1-4,7H,5-6,15H2. The molecule has 0 saturated carbocycles. The van der Waals surface area contributed by atoms with Gasteiger partial charge in [0, 0.05) is 17.9 Å². The van der Waals surface area contributed by atoms with Gasteiger partial charge in [-0.2, -0.15) is 0 Å². The SMILES string of the molecule is Nc1ccc2c(c1)N(C(=O)c1ccc(Br)o1)CC2. The second-order valence-corrected chi connectivity index (χ2v) is 4.98. The van der Waals surface area contributed by atoms with Gasteiger partial charge in [-0.1, -0.05) is 6.07 Å². The number of carbonyl (C=O) groups is 1. The van der Waals surface area contributed by atoms with Crippen molar-refractivity contribution in [1.29, 1.82) is 0 Å². The minimum Gasteiger partial charge on any atom is -0.444 e. The molecule has 0 aliphatic carbocycles. The molecular weight excluding hydrogens is 296 g/mol. The molecule has 1 aromatic carbocycles. The molecule has 1 aliphatic heterocycles. The maximum Gasteiger partial charge on any atom is 0.294 e. The van der Waals surface area contributed by atoms with Gasteiger partial charge in [0.15, 0.2) is 10.4 Å². The number of furan rings is 1. The smallest absolute Gasteiger partial charge is 0.294 e. The molecule has 92 valence electrons. The van der Waals surface area contributed by atoms with Gasteiger partial charge in [0.1, 0.15) is 0 Å². The number of nitrogens with two attached hydrogens (primary N) is 1. The number of nitrogens with zero attached hydrogens (tertiary/aromatic N) is 1. The van der Waals surface area contributed by atoms with Gasteiger partial charge in [-0.3, -0.25) is 4.79 Å². The Morgan fingerprint density at radius 2 is 2.17 bits per heavy atom. The predicted molar refractivity (Wildman–Crippen MR) is 72.6 cm³/mol. The first kappa shape index (κ1) is 11.3. The van der Waals surface area contributed by atoms with Crippen molar-refractivity contribution in [3.8, 4) is 0 Å². The summed E-state index contributed by atoms with van der Waals surface area (Å²) < 4.78 is 5.85. The minimum absolute atomic E-state index is 0.134. The Hall–Kier alpha value is -1.75. The Balaban J connectivity index is 1.96. The summed E-state index contributed by atoms with van der Waals surface area (Å²) >= 11 is 3.19. The van der Waals surface area contributed by atoms with Gasteiger partial charge >= 0.3 is 0 Å². The number of benzene rings is 1. The molecule has 0 fully saturated rings. The zero-order valence-corrected chi connectivity index (χ0v) is 11.1. The van der Waals surface area contributed by atoms with Crippen molar-refractivity contribution >= 4 is 33.2 Å². The maximum absolute atomic E-state index is 12.3. The Morgan fingerprint density at radius 3 is 2.89 bits per heavy atom. The Kier molecular flexibility index (Phi) is 2.63. The third kappa shape index (κ3) is 1.80. The molecule has 18 heavy (non-hydrogen) atoms. The number of anilines is 2. The van der Waals surface area contributed by atoms with Crippen molar-refractivity contribution in [1.82, 2.24) is 0 Å². The summed E-state index contributed by atoms with van der Waals surface area (Å²) in [6.45, 7) is 0.663. The summed E-state index contributed by atoms with van der Waals surface area (Å²) in [7, 11) is 0. The van der Waals surface area contributed by atoms with E-state index in [1.54, 1.807) is 17.0 Å². The van der Waals surface area contributed by atoms with Crippen LogP contribution in [0.1, 0.15) is 16.1 Å². The maximum atomic E-state index is 12.3. The summed E-state index contributed by atoms with van der Waals surface area (Å²) in [4.78, 5) is 14.0.